The molecule has 0 aromatic heterocycles. The zero-order chi connectivity index (χ0) is 20.6. The van der Waals surface area contributed by atoms with Crippen molar-refractivity contribution in [2.24, 2.45) is 0 Å². The first-order valence-corrected chi connectivity index (χ1v) is 8.22. The van der Waals surface area contributed by atoms with Crippen molar-refractivity contribution >= 4 is 46.9 Å². The van der Waals surface area contributed by atoms with Crippen LogP contribution < -0.4 is 10.2 Å². The Bertz CT molecular complexity index is 1080. The number of carbonyl (C=O) groups excluding carboxylic acids is 3. The molecule has 4 amide bonds. The van der Waals surface area contributed by atoms with Gasteiger partial charge < -0.3 is 5.11 Å². The van der Waals surface area contributed by atoms with Crippen LogP contribution in [0.25, 0.3) is 6.08 Å². The van der Waals surface area contributed by atoms with Gasteiger partial charge in [-0.3, -0.25) is 25.0 Å². The number of nitro benzene ring substituents is 1. The fourth-order valence-electron chi connectivity index (χ4n) is 2.64. The summed E-state index contributed by atoms with van der Waals surface area (Å²) in [5, 5.41) is 22.8. The summed E-state index contributed by atoms with van der Waals surface area (Å²) in [6.45, 7) is 1.66. The molecule has 10 heteroatoms. The van der Waals surface area contributed by atoms with Crippen LogP contribution in [-0.4, -0.2) is 27.9 Å². The number of anilines is 1. The van der Waals surface area contributed by atoms with Crippen molar-refractivity contribution in [2.75, 3.05) is 4.90 Å². The van der Waals surface area contributed by atoms with Crippen molar-refractivity contribution in [2.45, 2.75) is 6.92 Å². The van der Waals surface area contributed by atoms with E-state index in [1.54, 1.807) is 19.1 Å². The second-order valence-electron chi connectivity index (χ2n) is 5.89. The first kappa shape index (κ1) is 19.1. The third kappa shape index (κ3) is 3.42. The zero-order valence-electron chi connectivity index (χ0n) is 14.3. The summed E-state index contributed by atoms with van der Waals surface area (Å²) in [5.74, 6) is -2.41. The van der Waals surface area contributed by atoms with Gasteiger partial charge in [0.25, 0.3) is 11.8 Å². The number of barbiturate groups is 1. The lowest BCUT2D eigenvalue weighted by Gasteiger charge is -2.27. The van der Waals surface area contributed by atoms with Crippen molar-refractivity contribution in [1.29, 1.82) is 0 Å². The zero-order valence-corrected chi connectivity index (χ0v) is 15.1. The summed E-state index contributed by atoms with van der Waals surface area (Å²) < 4.78 is 0. The van der Waals surface area contributed by atoms with Crippen LogP contribution in [0.3, 0.4) is 0 Å². The van der Waals surface area contributed by atoms with Crippen LogP contribution in [0.5, 0.6) is 5.75 Å². The number of carbonyl (C=O) groups is 3. The third-order valence-electron chi connectivity index (χ3n) is 4.02. The van der Waals surface area contributed by atoms with Crippen molar-refractivity contribution < 1.29 is 24.4 Å². The van der Waals surface area contributed by atoms with Gasteiger partial charge in [-0.05, 0) is 42.3 Å². The number of nitro groups is 1. The minimum absolute atomic E-state index is 0.125. The number of urea groups is 1. The van der Waals surface area contributed by atoms with E-state index in [1.165, 1.54) is 12.1 Å². The van der Waals surface area contributed by atoms with Gasteiger partial charge in [-0.1, -0.05) is 23.7 Å². The maximum absolute atomic E-state index is 12.9. The van der Waals surface area contributed by atoms with Crippen molar-refractivity contribution in [3.63, 3.8) is 0 Å². The molecule has 0 saturated carbocycles. The largest absolute Gasteiger partial charge is 0.502 e. The molecule has 0 atom stereocenters. The van der Waals surface area contributed by atoms with E-state index >= 15 is 0 Å². The lowest BCUT2D eigenvalue weighted by atomic mass is 10.1. The summed E-state index contributed by atoms with van der Waals surface area (Å²) in [7, 11) is 0. The molecule has 9 nitrogen and oxygen atoms in total. The lowest BCUT2D eigenvalue weighted by molar-refractivity contribution is -0.385. The van der Waals surface area contributed by atoms with Gasteiger partial charge in [-0.2, -0.15) is 0 Å². The molecule has 1 saturated heterocycles. The van der Waals surface area contributed by atoms with E-state index in [-0.39, 0.29) is 16.3 Å². The molecular weight excluding hydrogens is 390 g/mol. The number of hydrogen-bond donors (Lipinski definition) is 2. The van der Waals surface area contributed by atoms with Gasteiger partial charge in [0.15, 0.2) is 5.75 Å². The van der Waals surface area contributed by atoms with E-state index in [2.05, 4.69) is 5.32 Å². The monoisotopic (exact) mass is 401 g/mol. The van der Waals surface area contributed by atoms with E-state index in [9.17, 15) is 29.6 Å². The number of aryl methyl sites for hydroxylation is 1. The molecule has 0 bridgehead atoms. The average Bonchev–Trinajstić information content (AvgIpc) is 2.62. The maximum Gasteiger partial charge on any atom is 0.335 e. The number of benzene rings is 2. The van der Waals surface area contributed by atoms with Crippen LogP contribution in [0.4, 0.5) is 16.2 Å². The van der Waals surface area contributed by atoms with E-state index in [1.807, 2.05) is 0 Å². The van der Waals surface area contributed by atoms with E-state index in [0.717, 1.165) is 23.1 Å². The van der Waals surface area contributed by atoms with Crippen molar-refractivity contribution in [3.8, 4) is 5.75 Å². The van der Waals surface area contributed by atoms with Crippen LogP contribution in [0.2, 0.25) is 5.02 Å². The Morgan fingerprint density at radius 3 is 2.57 bits per heavy atom. The summed E-state index contributed by atoms with van der Waals surface area (Å²) in [5.41, 5.74) is -0.0948. The number of hydrogen-bond acceptors (Lipinski definition) is 6. The number of phenols is 1. The number of aromatic hydroxyl groups is 1. The van der Waals surface area contributed by atoms with Gasteiger partial charge in [0.05, 0.1) is 10.6 Å². The molecule has 142 valence electrons. The highest BCUT2D eigenvalue weighted by atomic mass is 35.5. The molecule has 0 unspecified atom stereocenters. The summed E-state index contributed by atoms with van der Waals surface area (Å²) in [6, 6.07) is 7.04. The molecule has 2 N–H and O–H groups in total. The van der Waals surface area contributed by atoms with Crippen LogP contribution >= 0.6 is 11.6 Å². The second kappa shape index (κ2) is 7.12. The van der Waals surface area contributed by atoms with E-state index in [0.29, 0.717) is 5.56 Å². The summed E-state index contributed by atoms with van der Waals surface area (Å²) in [4.78, 5) is 48.2. The topological polar surface area (TPSA) is 130 Å². The Labute approximate surface area is 163 Å². The number of rotatable bonds is 3. The molecule has 0 radical (unpaired) electrons. The molecule has 28 heavy (non-hydrogen) atoms. The van der Waals surface area contributed by atoms with Gasteiger partial charge in [-0.25, -0.2) is 9.69 Å². The van der Waals surface area contributed by atoms with Gasteiger partial charge in [-0.15, -0.1) is 0 Å². The third-order valence-corrected chi connectivity index (χ3v) is 4.26. The highest BCUT2D eigenvalue weighted by Gasteiger charge is 2.37. The van der Waals surface area contributed by atoms with Gasteiger partial charge in [0.2, 0.25) is 0 Å². The van der Waals surface area contributed by atoms with Crippen molar-refractivity contribution in [3.05, 3.63) is 68.2 Å². The van der Waals surface area contributed by atoms with Crippen LogP contribution in [0, 0.1) is 17.0 Å². The minimum atomic E-state index is -0.943. The number of nitrogens with one attached hydrogen (secondary N) is 1. The molecule has 0 aliphatic carbocycles. The summed E-state index contributed by atoms with van der Waals surface area (Å²) >= 11 is 5.95. The summed E-state index contributed by atoms with van der Waals surface area (Å²) in [6.07, 6.45) is 1.10. The number of imide groups is 2. The van der Waals surface area contributed by atoms with E-state index in [4.69, 9.17) is 11.6 Å². The Morgan fingerprint density at radius 2 is 1.89 bits per heavy atom. The average molecular weight is 402 g/mol. The van der Waals surface area contributed by atoms with Crippen molar-refractivity contribution in [1.82, 2.24) is 5.32 Å². The second-order valence-corrected chi connectivity index (χ2v) is 6.33. The van der Waals surface area contributed by atoms with E-state index < -0.39 is 39.8 Å². The SMILES string of the molecule is Cc1ccc(Cl)cc1N1C(=O)NC(=O)/C(=C\c2ccc(O)c([N+](=O)[O-])c2)C1=O. The fraction of sp³-hybridized carbons (Fsp3) is 0.0556. The Morgan fingerprint density at radius 1 is 1.18 bits per heavy atom. The number of amides is 4. The van der Waals surface area contributed by atoms with Crippen LogP contribution in [0.15, 0.2) is 42.0 Å². The smallest absolute Gasteiger partial charge is 0.335 e. The molecule has 2 aromatic carbocycles. The molecule has 0 spiro atoms. The van der Waals surface area contributed by atoms with Crippen LogP contribution in [-0.2, 0) is 9.59 Å². The molecule has 1 heterocycles. The van der Waals surface area contributed by atoms with Gasteiger partial charge >= 0.3 is 11.7 Å². The fourth-order valence-corrected chi connectivity index (χ4v) is 2.81. The molecule has 1 aliphatic rings. The molecule has 3 rings (SSSR count). The molecular formula is C18H12ClN3O6. The number of nitrogens with zero attached hydrogens (tertiary/aromatic N) is 2. The maximum atomic E-state index is 12.9. The quantitative estimate of drug-likeness (QED) is 0.352. The van der Waals surface area contributed by atoms with Gasteiger partial charge in [0.1, 0.15) is 5.57 Å². The standard InChI is InChI=1S/C18H12ClN3O6/c1-9-2-4-11(19)8-13(9)21-17(25)12(16(24)20-18(21)26)6-10-3-5-15(23)14(7-10)22(27)28/h2-8,23H,1H3,(H,20,24,26)/b12-6+. The first-order chi connectivity index (χ1) is 13.2. The Hall–Kier alpha value is -3.72. The predicted molar refractivity (Wildman–Crippen MR) is 100.0 cm³/mol. The highest BCUT2D eigenvalue weighted by Crippen LogP contribution is 2.30. The van der Waals surface area contributed by atoms with Crippen LogP contribution in [0.1, 0.15) is 11.1 Å². The predicted octanol–water partition coefficient (Wildman–Crippen LogP) is 2.93. The minimum Gasteiger partial charge on any atom is -0.502 e. The number of halogens is 1. The Balaban J connectivity index is 2.08. The highest BCUT2D eigenvalue weighted by molar-refractivity contribution is 6.39. The Kier molecular flexibility index (Phi) is 4.85. The first-order valence-electron chi connectivity index (χ1n) is 7.84. The molecule has 1 aliphatic heterocycles. The normalized spacial score (nSPS) is 15.7. The molecule has 1 fully saturated rings. The number of phenolic OH excluding ortho intramolecular Hbond substituents is 1. The van der Waals surface area contributed by atoms with Gasteiger partial charge in [0, 0.05) is 11.1 Å². The lowest BCUT2D eigenvalue weighted by Crippen LogP contribution is -2.54. The molecule has 2 aromatic rings.